The molecule has 1 aromatic carbocycles. The highest BCUT2D eigenvalue weighted by Crippen LogP contribution is 2.23. The van der Waals surface area contributed by atoms with E-state index in [4.69, 9.17) is 23.8 Å². The number of nitrogens with zero attached hydrogens (tertiary/aromatic N) is 3. The molecule has 0 saturated heterocycles. The lowest BCUT2D eigenvalue weighted by atomic mass is 10.2. The Morgan fingerprint density at radius 3 is 2.79 bits per heavy atom. The van der Waals surface area contributed by atoms with Crippen LogP contribution in [0.25, 0.3) is 11.0 Å². The standard InChI is InChI=1S/C17H18ClN5S/c1-10(2)23-16-12(8-20-23)7-13(9-19-16)21-17(24)22-15-6-4-5-14(18)11(15)3/h4-10H,1-3H3,(H2,21,22,24). The number of anilines is 2. The number of fused-ring (bicyclic) bond motifs is 1. The van der Waals surface area contributed by atoms with Gasteiger partial charge in [0.2, 0.25) is 0 Å². The van der Waals surface area contributed by atoms with Gasteiger partial charge in [0.1, 0.15) is 0 Å². The lowest BCUT2D eigenvalue weighted by Crippen LogP contribution is -2.19. The number of halogens is 1. The molecule has 0 aliphatic rings. The van der Waals surface area contributed by atoms with Gasteiger partial charge in [-0.3, -0.25) is 0 Å². The molecular formula is C17H18ClN5S. The average molecular weight is 360 g/mol. The van der Waals surface area contributed by atoms with Crippen molar-refractivity contribution in [2.45, 2.75) is 26.8 Å². The van der Waals surface area contributed by atoms with Crippen LogP contribution in [0.5, 0.6) is 0 Å². The summed E-state index contributed by atoms with van der Waals surface area (Å²) in [7, 11) is 0. The third kappa shape index (κ3) is 3.34. The summed E-state index contributed by atoms with van der Waals surface area (Å²) in [5, 5.41) is 12.8. The Morgan fingerprint density at radius 1 is 1.25 bits per heavy atom. The minimum absolute atomic E-state index is 0.266. The maximum absolute atomic E-state index is 6.13. The summed E-state index contributed by atoms with van der Waals surface area (Å²) in [5.41, 5.74) is 3.50. The van der Waals surface area contributed by atoms with Gasteiger partial charge >= 0.3 is 0 Å². The minimum Gasteiger partial charge on any atom is -0.332 e. The van der Waals surface area contributed by atoms with Crippen LogP contribution in [-0.4, -0.2) is 19.9 Å². The third-order valence-electron chi connectivity index (χ3n) is 3.70. The maximum atomic E-state index is 6.13. The van der Waals surface area contributed by atoms with Gasteiger partial charge in [0.25, 0.3) is 0 Å². The Morgan fingerprint density at radius 2 is 2.04 bits per heavy atom. The number of aromatic nitrogens is 3. The van der Waals surface area contributed by atoms with Gasteiger partial charge in [-0.25, -0.2) is 9.67 Å². The summed E-state index contributed by atoms with van der Waals surface area (Å²) in [4.78, 5) is 4.48. The SMILES string of the molecule is Cc1c(Cl)cccc1NC(=S)Nc1cnc2c(cnn2C(C)C)c1. The van der Waals surface area contributed by atoms with Gasteiger partial charge in [-0.2, -0.15) is 5.10 Å². The maximum Gasteiger partial charge on any atom is 0.175 e. The van der Waals surface area contributed by atoms with Crippen molar-refractivity contribution < 1.29 is 0 Å². The lowest BCUT2D eigenvalue weighted by molar-refractivity contribution is 0.546. The van der Waals surface area contributed by atoms with E-state index in [0.717, 1.165) is 28.0 Å². The van der Waals surface area contributed by atoms with Crippen LogP contribution in [0, 0.1) is 6.92 Å². The van der Waals surface area contributed by atoms with Crippen LogP contribution in [0.4, 0.5) is 11.4 Å². The second-order valence-corrected chi connectivity index (χ2v) is 6.63. The minimum atomic E-state index is 0.266. The van der Waals surface area contributed by atoms with Crippen molar-refractivity contribution in [1.29, 1.82) is 0 Å². The van der Waals surface area contributed by atoms with Gasteiger partial charge in [-0.1, -0.05) is 17.7 Å². The van der Waals surface area contributed by atoms with Crippen LogP contribution < -0.4 is 10.6 Å². The number of hydrogen-bond donors (Lipinski definition) is 2. The quantitative estimate of drug-likeness (QED) is 0.659. The summed E-state index contributed by atoms with van der Waals surface area (Å²) in [6, 6.07) is 7.91. The van der Waals surface area contributed by atoms with Crippen molar-refractivity contribution >= 4 is 51.3 Å². The van der Waals surface area contributed by atoms with Crippen LogP contribution in [-0.2, 0) is 0 Å². The highest BCUT2D eigenvalue weighted by atomic mass is 35.5. The summed E-state index contributed by atoms with van der Waals surface area (Å²) in [5.74, 6) is 0. The molecule has 2 heterocycles. The fourth-order valence-corrected chi connectivity index (χ4v) is 2.82. The Hall–Kier alpha value is -2.18. The van der Waals surface area contributed by atoms with Gasteiger partial charge in [0.05, 0.1) is 18.1 Å². The Bertz CT molecular complexity index is 903. The number of benzene rings is 1. The number of thiocarbonyl (C=S) groups is 1. The molecule has 0 spiro atoms. The molecule has 7 heteroatoms. The van der Waals surface area contributed by atoms with E-state index < -0.39 is 0 Å². The zero-order valence-electron chi connectivity index (χ0n) is 13.7. The van der Waals surface area contributed by atoms with Crippen molar-refractivity contribution in [3.05, 3.63) is 47.2 Å². The second-order valence-electron chi connectivity index (χ2n) is 5.81. The summed E-state index contributed by atoms with van der Waals surface area (Å²) >= 11 is 11.5. The molecule has 5 nitrogen and oxygen atoms in total. The zero-order chi connectivity index (χ0) is 17.3. The number of nitrogens with one attached hydrogen (secondary N) is 2. The van der Waals surface area contributed by atoms with Crippen molar-refractivity contribution in [3.63, 3.8) is 0 Å². The topological polar surface area (TPSA) is 54.8 Å². The van der Waals surface area contributed by atoms with Gasteiger partial charge in [0.15, 0.2) is 10.8 Å². The lowest BCUT2D eigenvalue weighted by Gasteiger charge is -2.13. The number of pyridine rings is 1. The average Bonchev–Trinajstić information content (AvgIpc) is 2.95. The predicted molar refractivity (Wildman–Crippen MR) is 104 cm³/mol. The van der Waals surface area contributed by atoms with Crippen LogP contribution in [0.2, 0.25) is 5.02 Å². The first-order chi connectivity index (χ1) is 11.5. The molecule has 0 amide bonds. The van der Waals surface area contributed by atoms with Crippen molar-refractivity contribution in [1.82, 2.24) is 14.8 Å². The first-order valence-electron chi connectivity index (χ1n) is 7.62. The van der Waals surface area contributed by atoms with E-state index in [2.05, 4.69) is 34.6 Å². The van der Waals surface area contributed by atoms with E-state index in [1.807, 2.05) is 42.1 Å². The van der Waals surface area contributed by atoms with Crippen molar-refractivity contribution in [2.75, 3.05) is 10.6 Å². The summed E-state index contributed by atoms with van der Waals surface area (Å²) in [6.07, 6.45) is 3.56. The van der Waals surface area contributed by atoms with E-state index in [1.165, 1.54) is 0 Å². The van der Waals surface area contributed by atoms with E-state index in [0.29, 0.717) is 10.1 Å². The van der Waals surface area contributed by atoms with Crippen LogP contribution in [0.1, 0.15) is 25.5 Å². The molecule has 3 aromatic rings. The molecule has 0 bridgehead atoms. The molecule has 0 aliphatic heterocycles. The monoisotopic (exact) mass is 359 g/mol. The van der Waals surface area contributed by atoms with Crippen molar-refractivity contribution in [3.8, 4) is 0 Å². The first kappa shape index (κ1) is 16.7. The number of hydrogen-bond acceptors (Lipinski definition) is 3. The molecule has 0 saturated carbocycles. The molecule has 2 N–H and O–H groups in total. The van der Waals surface area contributed by atoms with Gasteiger partial charge in [-0.15, -0.1) is 0 Å². The molecule has 0 radical (unpaired) electrons. The molecular weight excluding hydrogens is 342 g/mol. The highest BCUT2D eigenvalue weighted by molar-refractivity contribution is 7.80. The van der Waals surface area contributed by atoms with Crippen LogP contribution >= 0.6 is 23.8 Å². The molecule has 0 atom stereocenters. The summed E-state index contributed by atoms with van der Waals surface area (Å²) < 4.78 is 1.89. The molecule has 124 valence electrons. The molecule has 3 rings (SSSR count). The van der Waals surface area contributed by atoms with E-state index in [-0.39, 0.29) is 6.04 Å². The van der Waals surface area contributed by atoms with Crippen molar-refractivity contribution in [2.24, 2.45) is 0 Å². The van der Waals surface area contributed by atoms with E-state index in [1.54, 1.807) is 6.20 Å². The van der Waals surface area contributed by atoms with Crippen LogP contribution in [0.3, 0.4) is 0 Å². The number of rotatable bonds is 3. The zero-order valence-corrected chi connectivity index (χ0v) is 15.2. The van der Waals surface area contributed by atoms with Gasteiger partial charge in [-0.05, 0) is 56.8 Å². The second kappa shape index (κ2) is 6.75. The molecule has 0 aliphatic carbocycles. The largest absolute Gasteiger partial charge is 0.332 e. The first-order valence-corrected chi connectivity index (χ1v) is 8.40. The van der Waals surface area contributed by atoms with E-state index in [9.17, 15) is 0 Å². The Labute approximate surface area is 151 Å². The fourth-order valence-electron chi connectivity index (χ4n) is 2.41. The third-order valence-corrected chi connectivity index (χ3v) is 4.31. The van der Waals surface area contributed by atoms with E-state index >= 15 is 0 Å². The normalized spacial score (nSPS) is 11.0. The fraction of sp³-hybridized carbons (Fsp3) is 0.235. The Balaban J connectivity index is 1.77. The molecule has 0 fully saturated rings. The smallest absolute Gasteiger partial charge is 0.175 e. The van der Waals surface area contributed by atoms with Gasteiger partial charge < -0.3 is 10.6 Å². The molecule has 0 unspecified atom stereocenters. The predicted octanol–water partition coefficient (Wildman–Crippen LogP) is 4.78. The van der Waals surface area contributed by atoms with Gasteiger partial charge in [0, 0.05) is 22.1 Å². The summed E-state index contributed by atoms with van der Waals surface area (Å²) in [6.45, 7) is 6.10. The Kier molecular flexibility index (Phi) is 4.69. The molecule has 24 heavy (non-hydrogen) atoms. The molecule has 2 aromatic heterocycles. The van der Waals surface area contributed by atoms with Crippen LogP contribution in [0.15, 0.2) is 36.7 Å². The highest BCUT2D eigenvalue weighted by Gasteiger charge is 2.09.